The van der Waals surface area contributed by atoms with Gasteiger partial charge in [-0.05, 0) is 24.5 Å². The summed E-state index contributed by atoms with van der Waals surface area (Å²) in [5, 5.41) is 17.7. The molecule has 108 valence electrons. The second-order valence-corrected chi connectivity index (χ2v) is 5.15. The number of aryl methyl sites for hydroxylation is 1. The van der Waals surface area contributed by atoms with Crippen LogP contribution in [0, 0.1) is 5.92 Å². The van der Waals surface area contributed by atoms with Crippen LogP contribution in [0.5, 0.6) is 5.75 Å². The van der Waals surface area contributed by atoms with Gasteiger partial charge in [0.1, 0.15) is 11.4 Å². The third kappa shape index (κ3) is 2.99. The molecule has 0 atom stereocenters. The molecule has 0 unspecified atom stereocenters. The van der Waals surface area contributed by atoms with Crippen LogP contribution in [0.3, 0.4) is 0 Å². The van der Waals surface area contributed by atoms with Crippen LogP contribution in [0.4, 0.5) is 0 Å². The van der Waals surface area contributed by atoms with Crippen LogP contribution in [0.1, 0.15) is 26.0 Å². The van der Waals surface area contributed by atoms with E-state index in [9.17, 15) is 5.11 Å². The maximum Gasteiger partial charge on any atom is 0.128 e. The van der Waals surface area contributed by atoms with Gasteiger partial charge in [-0.3, -0.25) is 0 Å². The molecule has 1 heterocycles. The van der Waals surface area contributed by atoms with Gasteiger partial charge < -0.3 is 9.84 Å². The van der Waals surface area contributed by atoms with Gasteiger partial charge in [-0.15, -0.1) is 5.10 Å². The average molecular weight is 275 g/mol. The third-order valence-corrected chi connectivity index (χ3v) is 3.23. The molecule has 0 saturated heterocycles. The molecule has 2 aromatic rings. The van der Waals surface area contributed by atoms with Crippen LogP contribution in [0.25, 0.3) is 11.3 Å². The Kier molecular flexibility index (Phi) is 4.74. The number of methoxy groups -OCH3 is 1. The van der Waals surface area contributed by atoms with Crippen LogP contribution in [-0.2, 0) is 13.2 Å². The van der Waals surface area contributed by atoms with E-state index in [4.69, 9.17) is 4.74 Å². The summed E-state index contributed by atoms with van der Waals surface area (Å²) in [6, 6.07) is 7.72. The Morgan fingerprint density at radius 1 is 1.30 bits per heavy atom. The highest BCUT2D eigenvalue weighted by molar-refractivity contribution is 5.69. The number of para-hydroxylation sites is 1. The number of hydrogen-bond acceptors (Lipinski definition) is 4. The highest BCUT2D eigenvalue weighted by Crippen LogP contribution is 2.31. The number of aliphatic hydroxyl groups is 1. The largest absolute Gasteiger partial charge is 0.496 e. The van der Waals surface area contributed by atoms with Crippen molar-refractivity contribution >= 4 is 0 Å². The number of nitrogens with zero attached hydrogens (tertiary/aromatic N) is 3. The fourth-order valence-electron chi connectivity index (χ4n) is 2.13. The van der Waals surface area contributed by atoms with E-state index >= 15 is 0 Å². The van der Waals surface area contributed by atoms with E-state index < -0.39 is 0 Å². The number of ether oxygens (including phenoxy) is 1. The smallest absolute Gasteiger partial charge is 0.128 e. The van der Waals surface area contributed by atoms with Crippen molar-refractivity contribution in [3.63, 3.8) is 0 Å². The molecule has 0 fully saturated rings. The Hall–Kier alpha value is -1.88. The standard InChI is InChI=1S/C15H21N3O2/c1-11(2)8-9-18-15(13(10-19)16-17-18)12-6-4-5-7-14(12)20-3/h4-7,11,19H,8-10H2,1-3H3. The van der Waals surface area contributed by atoms with Crippen molar-refractivity contribution in [2.24, 2.45) is 5.92 Å². The lowest BCUT2D eigenvalue weighted by Gasteiger charge is -2.12. The normalized spacial score (nSPS) is 11.1. The van der Waals surface area contributed by atoms with Crippen molar-refractivity contribution in [2.75, 3.05) is 7.11 Å². The van der Waals surface area contributed by atoms with E-state index in [1.54, 1.807) is 7.11 Å². The lowest BCUT2D eigenvalue weighted by Crippen LogP contribution is -2.06. The van der Waals surface area contributed by atoms with Crippen molar-refractivity contribution in [1.82, 2.24) is 15.0 Å². The molecule has 0 aliphatic heterocycles. The molecule has 0 radical (unpaired) electrons. The van der Waals surface area contributed by atoms with Gasteiger partial charge in [0.2, 0.25) is 0 Å². The minimum absolute atomic E-state index is 0.130. The van der Waals surface area contributed by atoms with E-state index in [0.717, 1.165) is 30.0 Å². The number of hydrogen-bond donors (Lipinski definition) is 1. The predicted molar refractivity (Wildman–Crippen MR) is 77.4 cm³/mol. The van der Waals surface area contributed by atoms with E-state index in [2.05, 4.69) is 24.2 Å². The lowest BCUT2D eigenvalue weighted by atomic mass is 10.1. The first kappa shape index (κ1) is 14.5. The zero-order valence-corrected chi connectivity index (χ0v) is 12.2. The number of aromatic nitrogens is 3. The van der Waals surface area contributed by atoms with Gasteiger partial charge in [0.25, 0.3) is 0 Å². The van der Waals surface area contributed by atoms with Gasteiger partial charge in [-0.1, -0.05) is 31.2 Å². The molecule has 0 amide bonds. The van der Waals surface area contributed by atoms with Gasteiger partial charge in [-0.2, -0.15) is 0 Å². The molecule has 0 bridgehead atoms. The summed E-state index contributed by atoms with van der Waals surface area (Å²) in [6.45, 7) is 4.99. The molecule has 0 spiro atoms. The predicted octanol–water partition coefficient (Wildman–Crippen LogP) is 2.49. The van der Waals surface area contributed by atoms with Gasteiger partial charge in [0.05, 0.1) is 19.4 Å². The lowest BCUT2D eigenvalue weighted by molar-refractivity contribution is 0.277. The Morgan fingerprint density at radius 3 is 2.70 bits per heavy atom. The van der Waals surface area contributed by atoms with Gasteiger partial charge >= 0.3 is 0 Å². The molecular formula is C15H21N3O2. The van der Waals surface area contributed by atoms with Crippen molar-refractivity contribution in [1.29, 1.82) is 0 Å². The number of rotatable bonds is 6. The second-order valence-electron chi connectivity index (χ2n) is 5.15. The van der Waals surface area contributed by atoms with Crippen molar-refractivity contribution in [3.8, 4) is 17.0 Å². The molecular weight excluding hydrogens is 254 g/mol. The summed E-state index contributed by atoms with van der Waals surface area (Å²) in [7, 11) is 1.64. The summed E-state index contributed by atoms with van der Waals surface area (Å²) in [4.78, 5) is 0. The summed E-state index contributed by atoms with van der Waals surface area (Å²) in [5.74, 6) is 1.34. The van der Waals surface area contributed by atoms with E-state index in [1.807, 2.05) is 28.9 Å². The first-order chi connectivity index (χ1) is 9.67. The quantitative estimate of drug-likeness (QED) is 0.880. The van der Waals surface area contributed by atoms with Crippen LogP contribution in [0.2, 0.25) is 0 Å². The molecule has 1 N–H and O–H groups in total. The third-order valence-electron chi connectivity index (χ3n) is 3.23. The summed E-state index contributed by atoms with van der Waals surface area (Å²) < 4.78 is 7.25. The van der Waals surface area contributed by atoms with E-state index in [1.165, 1.54) is 0 Å². The summed E-state index contributed by atoms with van der Waals surface area (Å²) >= 11 is 0. The SMILES string of the molecule is COc1ccccc1-c1c(CO)nnn1CCC(C)C. The monoisotopic (exact) mass is 275 g/mol. The fourth-order valence-corrected chi connectivity index (χ4v) is 2.13. The van der Waals surface area contributed by atoms with Crippen molar-refractivity contribution in [3.05, 3.63) is 30.0 Å². The number of aliphatic hydroxyl groups excluding tert-OH is 1. The van der Waals surface area contributed by atoms with Crippen molar-refractivity contribution in [2.45, 2.75) is 33.4 Å². The maximum absolute atomic E-state index is 9.48. The second kappa shape index (κ2) is 6.52. The first-order valence-corrected chi connectivity index (χ1v) is 6.84. The highest BCUT2D eigenvalue weighted by atomic mass is 16.5. The van der Waals surface area contributed by atoms with Crippen molar-refractivity contribution < 1.29 is 9.84 Å². The average Bonchev–Trinajstić information content (AvgIpc) is 2.87. The maximum atomic E-state index is 9.48. The molecule has 2 rings (SSSR count). The summed E-state index contributed by atoms with van der Waals surface area (Å²) in [5.41, 5.74) is 2.33. The molecule has 5 heteroatoms. The number of benzene rings is 1. The van der Waals surface area contributed by atoms with Crippen LogP contribution in [-0.4, -0.2) is 27.2 Å². The Bertz CT molecular complexity index is 564. The van der Waals surface area contributed by atoms with Crippen LogP contribution in [0.15, 0.2) is 24.3 Å². The molecule has 0 saturated carbocycles. The van der Waals surface area contributed by atoms with E-state index in [0.29, 0.717) is 11.6 Å². The zero-order chi connectivity index (χ0) is 14.5. The minimum Gasteiger partial charge on any atom is -0.496 e. The Labute approximate surface area is 119 Å². The van der Waals surface area contributed by atoms with Crippen LogP contribution >= 0.6 is 0 Å². The zero-order valence-electron chi connectivity index (χ0n) is 12.2. The topological polar surface area (TPSA) is 60.2 Å². The van der Waals surface area contributed by atoms with Gasteiger partial charge in [-0.25, -0.2) is 4.68 Å². The summed E-state index contributed by atoms with van der Waals surface area (Å²) in [6.07, 6.45) is 1.01. The Morgan fingerprint density at radius 2 is 2.05 bits per heavy atom. The first-order valence-electron chi connectivity index (χ1n) is 6.84. The van der Waals surface area contributed by atoms with Gasteiger partial charge in [0.15, 0.2) is 0 Å². The fraction of sp³-hybridized carbons (Fsp3) is 0.467. The van der Waals surface area contributed by atoms with Crippen LogP contribution < -0.4 is 4.74 Å². The molecule has 1 aromatic heterocycles. The van der Waals surface area contributed by atoms with E-state index in [-0.39, 0.29) is 6.61 Å². The Balaban J connectivity index is 2.45. The molecule has 5 nitrogen and oxygen atoms in total. The van der Waals surface area contributed by atoms with Gasteiger partial charge in [0, 0.05) is 12.1 Å². The molecule has 20 heavy (non-hydrogen) atoms. The minimum atomic E-state index is -0.130. The highest BCUT2D eigenvalue weighted by Gasteiger charge is 2.17. The molecule has 0 aliphatic carbocycles. The molecule has 0 aliphatic rings. The molecule has 1 aromatic carbocycles.